The zero-order valence-corrected chi connectivity index (χ0v) is 11.5. The van der Waals surface area contributed by atoms with Crippen LogP contribution in [0.2, 0.25) is 0 Å². The van der Waals surface area contributed by atoms with Crippen molar-refractivity contribution in [2.75, 3.05) is 19.6 Å². The van der Waals surface area contributed by atoms with Crippen molar-refractivity contribution in [3.8, 4) is 0 Å². The van der Waals surface area contributed by atoms with Gasteiger partial charge in [0.1, 0.15) is 0 Å². The number of likely N-dealkylation sites (tertiary alicyclic amines) is 1. The molecule has 1 N–H and O–H groups in total. The summed E-state index contributed by atoms with van der Waals surface area (Å²) >= 11 is 1.64. The first-order valence-electron chi connectivity index (χ1n) is 6.39. The number of thiazole rings is 1. The number of aromatic nitrogens is 1. The van der Waals surface area contributed by atoms with Crippen LogP contribution in [0.5, 0.6) is 0 Å². The van der Waals surface area contributed by atoms with Crippen LogP contribution >= 0.6 is 11.3 Å². The molecule has 1 aromatic rings. The number of rotatable bonds is 4. The van der Waals surface area contributed by atoms with Crippen molar-refractivity contribution in [1.29, 1.82) is 0 Å². The van der Waals surface area contributed by atoms with Gasteiger partial charge in [-0.1, -0.05) is 13.8 Å². The molecule has 1 aromatic heterocycles. The smallest absolute Gasteiger partial charge is 0.0794 e. The molecule has 17 heavy (non-hydrogen) atoms. The second-order valence-corrected chi connectivity index (χ2v) is 6.53. The molecule has 0 atom stereocenters. The molecule has 4 heteroatoms. The lowest BCUT2D eigenvalue weighted by Crippen LogP contribution is -2.46. The Bertz CT molecular complexity index is 329. The van der Waals surface area contributed by atoms with E-state index in [9.17, 15) is 5.11 Å². The number of piperidine rings is 1. The second kappa shape index (κ2) is 5.46. The Morgan fingerprint density at radius 3 is 2.71 bits per heavy atom. The number of hydrogen-bond acceptors (Lipinski definition) is 4. The summed E-state index contributed by atoms with van der Waals surface area (Å²) in [5, 5.41) is 10.5. The van der Waals surface area contributed by atoms with E-state index in [4.69, 9.17) is 0 Å². The minimum Gasteiger partial charge on any atom is -0.389 e. The van der Waals surface area contributed by atoms with Gasteiger partial charge in [-0.25, -0.2) is 0 Å². The van der Waals surface area contributed by atoms with Crippen molar-refractivity contribution in [2.45, 2.75) is 38.7 Å². The summed E-state index contributed by atoms with van der Waals surface area (Å²) in [5.74, 6) is 0.711. The minimum atomic E-state index is -0.500. The number of aliphatic hydroxyl groups is 1. The highest BCUT2D eigenvalue weighted by Gasteiger charge is 2.32. The first kappa shape index (κ1) is 13.0. The fourth-order valence-electron chi connectivity index (χ4n) is 2.50. The lowest BCUT2D eigenvalue weighted by Gasteiger charge is -2.38. The Labute approximate surface area is 107 Å². The molecule has 0 spiro atoms. The van der Waals surface area contributed by atoms with Gasteiger partial charge in [0.15, 0.2) is 0 Å². The summed E-state index contributed by atoms with van der Waals surface area (Å²) in [6.07, 6.45) is 4.42. The predicted octanol–water partition coefficient (Wildman–Crippen LogP) is 2.17. The van der Waals surface area contributed by atoms with Crippen molar-refractivity contribution < 1.29 is 5.11 Å². The third-order valence-electron chi connectivity index (χ3n) is 3.40. The highest BCUT2D eigenvalue weighted by atomic mass is 32.1. The topological polar surface area (TPSA) is 36.4 Å². The summed E-state index contributed by atoms with van der Waals surface area (Å²) in [6, 6.07) is 0. The molecule has 3 nitrogen and oxygen atoms in total. The zero-order valence-electron chi connectivity index (χ0n) is 10.7. The van der Waals surface area contributed by atoms with Gasteiger partial charge in [-0.05, 0) is 18.8 Å². The van der Waals surface area contributed by atoms with Gasteiger partial charge < -0.3 is 10.0 Å². The van der Waals surface area contributed by atoms with Crippen LogP contribution in [0.25, 0.3) is 0 Å². The summed E-state index contributed by atoms with van der Waals surface area (Å²) in [5.41, 5.74) is 1.34. The lowest BCUT2D eigenvalue weighted by atomic mass is 9.87. The molecule has 1 fully saturated rings. The molecule has 2 heterocycles. The van der Waals surface area contributed by atoms with Crippen molar-refractivity contribution in [1.82, 2.24) is 9.88 Å². The highest BCUT2D eigenvalue weighted by Crippen LogP contribution is 2.27. The number of nitrogens with zero attached hydrogens (tertiary/aromatic N) is 2. The largest absolute Gasteiger partial charge is 0.389 e. The zero-order chi connectivity index (χ0) is 12.3. The van der Waals surface area contributed by atoms with Crippen LogP contribution in [0.3, 0.4) is 0 Å². The number of hydrogen-bond donors (Lipinski definition) is 1. The normalized spacial score (nSPS) is 20.9. The van der Waals surface area contributed by atoms with Crippen molar-refractivity contribution in [3.63, 3.8) is 0 Å². The molecular weight excluding hydrogens is 232 g/mol. The van der Waals surface area contributed by atoms with Crippen LogP contribution in [-0.4, -0.2) is 40.2 Å². The first-order chi connectivity index (χ1) is 8.07. The van der Waals surface area contributed by atoms with Gasteiger partial charge in [0.05, 0.1) is 11.1 Å². The van der Waals surface area contributed by atoms with E-state index in [1.807, 2.05) is 11.7 Å². The third kappa shape index (κ3) is 3.76. The quantitative estimate of drug-likeness (QED) is 0.894. The van der Waals surface area contributed by atoms with Crippen LogP contribution in [-0.2, 0) is 6.42 Å². The molecule has 1 aliphatic heterocycles. The minimum absolute atomic E-state index is 0.500. The average Bonchev–Trinajstić information content (AvgIpc) is 2.74. The average molecular weight is 254 g/mol. The molecule has 0 saturated carbocycles. The summed E-state index contributed by atoms with van der Waals surface area (Å²) in [6.45, 7) is 7.69. The van der Waals surface area contributed by atoms with Crippen LogP contribution in [0, 0.1) is 5.92 Å². The summed E-state index contributed by atoms with van der Waals surface area (Å²) < 4.78 is 0. The molecule has 0 aromatic carbocycles. The van der Waals surface area contributed by atoms with E-state index < -0.39 is 5.60 Å². The second-order valence-electron chi connectivity index (χ2n) is 5.56. The third-order valence-corrected chi connectivity index (χ3v) is 4.18. The maximum Gasteiger partial charge on any atom is 0.0794 e. The fourth-order valence-corrected chi connectivity index (χ4v) is 3.23. The Morgan fingerprint density at radius 1 is 1.47 bits per heavy atom. The Kier molecular flexibility index (Phi) is 4.17. The molecule has 1 saturated heterocycles. The maximum absolute atomic E-state index is 10.5. The van der Waals surface area contributed by atoms with Gasteiger partial charge in [0.25, 0.3) is 0 Å². The molecule has 1 aliphatic rings. The van der Waals surface area contributed by atoms with Crippen molar-refractivity contribution >= 4 is 11.3 Å². The molecule has 96 valence electrons. The Hall–Kier alpha value is -0.450. The van der Waals surface area contributed by atoms with Crippen molar-refractivity contribution in [3.05, 3.63) is 16.6 Å². The molecule has 0 unspecified atom stereocenters. The lowest BCUT2D eigenvalue weighted by molar-refractivity contribution is -0.0221. The molecule has 0 aliphatic carbocycles. The van der Waals surface area contributed by atoms with Gasteiger partial charge in [-0.2, -0.15) is 0 Å². The SMILES string of the molecule is CC(C)CN1CCC(O)(Cc2cncs2)CC1. The van der Waals surface area contributed by atoms with E-state index in [0.717, 1.165) is 38.9 Å². The van der Waals surface area contributed by atoms with E-state index in [1.54, 1.807) is 11.3 Å². The Morgan fingerprint density at radius 2 is 2.18 bits per heavy atom. The van der Waals surface area contributed by atoms with Crippen LogP contribution < -0.4 is 0 Å². The van der Waals surface area contributed by atoms with Crippen LogP contribution in [0.15, 0.2) is 11.7 Å². The first-order valence-corrected chi connectivity index (χ1v) is 7.27. The van der Waals surface area contributed by atoms with Gasteiger partial charge in [-0.15, -0.1) is 11.3 Å². The van der Waals surface area contributed by atoms with Gasteiger partial charge >= 0.3 is 0 Å². The maximum atomic E-state index is 10.5. The molecule has 0 radical (unpaired) electrons. The van der Waals surface area contributed by atoms with Gasteiger partial charge in [0, 0.05) is 37.1 Å². The molecule has 0 amide bonds. The fraction of sp³-hybridized carbons (Fsp3) is 0.769. The van der Waals surface area contributed by atoms with Gasteiger partial charge in [-0.3, -0.25) is 4.98 Å². The summed E-state index contributed by atoms with van der Waals surface area (Å²) in [7, 11) is 0. The molecular formula is C13H22N2OS. The van der Waals surface area contributed by atoms with E-state index in [2.05, 4.69) is 23.7 Å². The van der Waals surface area contributed by atoms with E-state index >= 15 is 0 Å². The highest BCUT2D eigenvalue weighted by molar-refractivity contribution is 7.09. The van der Waals surface area contributed by atoms with E-state index in [0.29, 0.717) is 5.92 Å². The summed E-state index contributed by atoms with van der Waals surface area (Å²) in [4.78, 5) is 7.73. The van der Waals surface area contributed by atoms with E-state index in [1.165, 1.54) is 4.88 Å². The predicted molar refractivity (Wildman–Crippen MR) is 71.3 cm³/mol. The van der Waals surface area contributed by atoms with Crippen LogP contribution in [0.4, 0.5) is 0 Å². The standard InChI is InChI=1S/C13H22N2OS/c1-11(2)9-15-5-3-13(16,4-6-15)7-12-8-14-10-17-12/h8,10-11,16H,3-7,9H2,1-2H3. The monoisotopic (exact) mass is 254 g/mol. The van der Waals surface area contributed by atoms with Crippen molar-refractivity contribution in [2.24, 2.45) is 5.92 Å². The molecule has 2 rings (SSSR count). The molecule has 0 bridgehead atoms. The van der Waals surface area contributed by atoms with Crippen LogP contribution in [0.1, 0.15) is 31.6 Å². The van der Waals surface area contributed by atoms with E-state index in [-0.39, 0.29) is 0 Å². The Balaban J connectivity index is 1.84. The van der Waals surface area contributed by atoms with Gasteiger partial charge in [0.2, 0.25) is 0 Å².